The maximum atomic E-state index is 12.4. The molecule has 148 valence electrons. The topological polar surface area (TPSA) is 101 Å². The van der Waals surface area contributed by atoms with Gasteiger partial charge in [0.15, 0.2) is 5.65 Å². The molecule has 0 unspecified atom stereocenters. The third-order valence-electron chi connectivity index (χ3n) is 4.80. The lowest BCUT2D eigenvalue weighted by Gasteiger charge is -2.16. The smallest absolute Gasteiger partial charge is 0.258 e. The Morgan fingerprint density at radius 3 is 2.97 bits per heavy atom. The highest BCUT2D eigenvalue weighted by atomic mass is 16.1. The second-order valence-corrected chi connectivity index (χ2v) is 6.95. The van der Waals surface area contributed by atoms with Crippen LogP contribution in [0.1, 0.15) is 41.4 Å². The summed E-state index contributed by atoms with van der Waals surface area (Å²) in [4.78, 5) is 24.6. The van der Waals surface area contributed by atoms with E-state index in [2.05, 4.69) is 30.7 Å². The number of hydrogen-bond donors (Lipinski definition) is 3. The van der Waals surface area contributed by atoms with E-state index in [1.165, 1.54) is 0 Å². The summed E-state index contributed by atoms with van der Waals surface area (Å²) in [7, 11) is 0. The summed E-state index contributed by atoms with van der Waals surface area (Å²) in [5, 5.41) is 10.5. The van der Waals surface area contributed by atoms with E-state index < -0.39 is 0 Å². The van der Waals surface area contributed by atoms with Gasteiger partial charge in [-0.05, 0) is 44.0 Å². The quantitative estimate of drug-likeness (QED) is 0.464. The summed E-state index contributed by atoms with van der Waals surface area (Å²) < 4.78 is 1.72. The summed E-state index contributed by atoms with van der Waals surface area (Å²) in [6, 6.07) is 7.74. The van der Waals surface area contributed by atoms with Crippen molar-refractivity contribution in [3.63, 3.8) is 0 Å². The van der Waals surface area contributed by atoms with E-state index in [1.807, 2.05) is 51.2 Å². The largest absolute Gasteiger partial charge is 0.362 e. The van der Waals surface area contributed by atoms with Crippen LogP contribution in [0, 0.1) is 6.92 Å². The lowest BCUT2D eigenvalue weighted by molar-refractivity contribution is 0.102. The summed E-state index contributed by atoms with van der Waals surface area (Å²) in [5.41, 5.74) is 4.98. The lowest BCUT2D eigenvalue weighted by Crippen LogP contribution is -2.12. The van der Waals surface area contributed by atoms with Gasteiger partial charge in [-0.15, -0.1) is 0 Å². The van der Waals surface area contributed by atoms with E-state index in [0.717, 1.165) is 34.5 Å². The minimum absolute atomic E-state index is 0.0132. The van der Waals surface area contributed by atoms with Crippen LogP contribution in [0.4, 0.5) is 11.5 Å². The molecule has 4 rings (SSSR count). The second kappa shape index (κ2) is 7.75. The molecular weight excluding hydrogens is 366 g/mol. The number of anilines is 2. The highest BCUT2D eigenvalue weighted by Gasteiger charge is 2.12. The number of H-pyrrole nitrogens is 1. The number of carbonyl (C=O) groups is 1. The number of nitrogens with one attached hydrogen (secondary N) is 3. The Kier molecular flexibility index (Phi) is 4.99. The van der Waals surface area contributed by atoms with Crippen molar-refractivity contribution in [2.24, 2.45) is 0 Å². The Balaban J connectivity index is 1.48. The molecule has 8 nitrogen and oxygen atoms in total. The predicted molar refractivity (Wildman–Crippen MR) is 113 cm³/mol. The highest BCUT2D eigenvalue weighted by molar-refractivity contribution is 6.03. The third-order valence-corrected chi connectivity index (χ3v) is 4.80. The van der Waals surface area contributed by atoms with E-state index in [-0.39, 0.29) is 11.9 Å². The third kappa shape index (κ3) is 3.96. The van der Waals surface area contributed by atoms with Crippen molar-refractivity contribution >= 4 is 28.6 Å². The number of benzene rings is 1. The van der Waals surface area contributed by atoms with Gasteiger partial charge in [-0.3, -0.25) is 9.48 Å². The molecule has 0 saturated carbocycles. The molecular formula is C21H23N7O. The van der Waals surface area contributed by atoms with Crippen molar-refractivity contribution in [3.8, 4) is 0 Å². The second-order valence-electron chi connectivity index (χ2n) is 6.95. The van der Waals surface area contributed by atoms with Gasteiger partial charge in [0.05, 0.1) is 24.0 Å². The fourth-order valence-electron chi connectivity index (χ4n) is 3.13. The Bertz CT molecular complexity index is 1160. The normalized spacial score (nSPS) is 12.1. The summed E-state index contributed by atoms with van der Waals surface area (Å²) in [6.07, 6.45) is 6.92. The highest BCUT2D eigenvalue weighted by Crippen LogP contribution is 2.22. The molecule has 29 heavy (non-hydrogen) atoms. The molecule has 8 heteroatoms. The number of rotatable bonds is 6. The van der Waals surface area contributed by atoms with Crippen molar-refractivity contribution in [2.45, 2.75) is 33.4 Å². The first-order valence-electron chi connectivity index (χ1n) is 9.54. The summed E-state index contributed by atoms with van der Waals surface area (Å²) in [5.74, 6) is 0.524. The van der Waals surface area contributed by atoms with Crippen LogP contribution in [0.2, 0.25) is 0 Å². The molecule has 0 fully saturated rings. The molecule has 1 amide bonds. The van der Waals surface area contributed by atoms with Gasteiger partial charge in [0, 0.05) is 24.6 Å². The monoisotopic (exact) mass is 389 g/mol. The van der Waals surface area contributed by atoms with E-state index in [9.17, 15) is 4.79 Å². The number of amides is 1. The SMILES string of the molecule is CCn1cc(C(=O)Nc2cccc([C@H](C)Nc3cnc4[nH]cc(C)c4n3)c2)cn1. The van der Waals surface area contributed by atoms with Crippen LogP contribution in [0.3, 0.4) is 0 Å². The maximum Gasteiger partial charge on any atom is 0.258 e. The first kappa shape index (κ1) is 18.7. The lowest BCUT2D eigenvalue weighted by atomic mass is 10.1. The molecule has 1 atom stereocenters. The molecule has 3 aromatic heterocycles. The molecule has 0 saturated heterocycles. The maximum absolute atomic E-state index is 12.4. The molecule has 1 aromatic carbocycles. The van der Waals surface area contributed by atoms with Gasteiger partial charge in [0.2, 0.25) is 0 Å². The summed E-state index contributed by atoms with van der Waals surface area (Å²) in [6.45, 7) is 6.74. The minimum atomic E-state index is -0.179. The first-order chi connectivity index (χ1) is 14.0. The number of hydrogen-bond acceptors (Lipinski definition) is 5. The van der Waals surface area contributed by atoms with Gasteiger partial charge in [-0.25, -0.2) is 9.97 Å². The van der Waals surface area contributed by atoms with E-state index >= 15 is 0 Å². The molecule has 0 bridgehead atoms. The zero-order valence-electron chi connectivity index (χ0n) is 16.6. The number of carbonyl (C=O) groups excluding carboxylic acids is 1. The van der Waals surface area contributed by atoms with Crippen molar-refractivity contribution < 1.29 is 4.79 Å². The number of fused-ring (bicyclic) bond motifs is 1. The van der Waals surface area contributed by atoms with Gasteiger partial charge in [0.1, 0.15) is 11.3 Å². The fraction of sp³-hybridized carbons (Fsp3) is 0.238. The van der Waals surface area contributed by atoms with E-state index in [0.29, 0.717) is 11.4 Å². The predicted octanol–water partition coefficient (Wildman–Crippen LogP) is 3.91. The fourth-order valence-corrected chi connectivity index (χ4v) is 3.13. The van der Waals surface area contributed by atoms with Crippen LogP contribution in [0.15, 0.2) is 49.1 Å². The van der Waals surface area contributed by atoms with E-state index in [4.69, 9.17) is 0 Å². The van der Waals surface area contributed by atoms with Crippen LogP contribution < -0.4 is 10.6 Å². The molecule has 0 radical (unpaired) electrons. The van der Waals surface area contributed by atoms with Gasteiger partial charge < -0.3 is 15.6 Å². The Morgan fingerprint density at radius 1 is 1.31 bits per heavy atom. The molecule has 0 aliphatic carbocycles. The average Bonchev–Trinajstić information content (AvgIpc) is 3.35. The Hall–Kier alpha value is -3.68. The number of nitrogens with zero attached hydrogens (tertiary/aromatic N) is 4. The minimum Gasteiger partial charge on any atom is -0.362 e. The Labute approximate surface area is 168 Å². The molecule has 0 aliphatic heterocycles. The van der Waals surface area contributed by atoms with Gasteiger partial charge in [-0.2, -0.15) is 5.10 Å². The zero-order valence-corrected chi connectivity index (χ0v) is 16.6. The van der Waals surface area contributed by atoms with Crippen LogP contribution in [-0.2, 0) is 6.54 Å². The van der Waals surface area contributed by atoms with Crippen molar-refractivity contribution in [1.82, 2.24) is 24.7 Å². The Morgan fingerprint density at radius 2 is 2.17 bits per heavy atom. The molecule has 4 aromatic rings. The van der Waals surface area contributed by atoms with Crippen molar-refractivity contribution in [1.29, 1.82) is 0 Å². The van der Waals surface area contributed by atoms with Crippen molar-refractivity contribution in [2.75, 3.05) is 10.6 Å². The molecule has 3 heterocycles. The molecule has 3 N–H and O–H groups in total. The number of aromatic amines is 1. The molecule has 0 spiro atoms. The van der Waals surface area contributed by atoms with Gasteiger partial charge >= 0.3 is 0 Å². The standard InChI is InChI=1S/C21H23N7O/c1-4-28-12-16(10-24-28)21(29)26-17-7-5-6-15(8-17)14(3)25-18-11-23-20-19(27-18)13(2)9-22-20/h5-12,14H,4H2,1-3H3,(H,22,23)(H,25,27)(H,26,29)/t14-/m0/s1. The van der Waals surface area contributed by atoms with Crippen LogP contribution in [0.5, 0.6) is 0 Å². The molecule has 0 aliphatic rings. The number of aryl methyl sites for hydroxylation is 2. The van der Waals surface area contributed by atoms with Gasteiger partial charge in [-0.1, -0.05) is 12.1 Å². The van der Waals surface area contributed by atoms with Crippen molar-refractivity contribution in [3.05, 3.63) is 65.7 Å². The summed E-state index contributed by atoms with van der Waals surface area (Å²) >= 11 is 0. The van der Waals surface area contributed by atoms with Crippen LogP contribution >= 0.6 is 0 Å². The number of aromatic nitrogens is 5. The van der Waals surface area contributed by atoms with Crippen LogP contribution in [-0.4, -0.2) is 30.6 Å². The van der Waals surface area contributed by atoms with E-state index in [1.54, 1.807) is 23.3 Å². The first-order valence-corrected chi connectivity index (χ1v) is 9.54. The average molecular weight is 389 g/mol. The van der Waals surface area contributed by atoms with Crippen LogP contribution in [0.25, 0.3) is 11.2 Å². The van der Waals surface area contributed by atoms with Gasteiger partial charge in [0.25, 0.3) is 5.91 Å². The zero-order chi connectivity index (χ0) is 20.4.